The Hall–Kier alpha value is -3.45. The van der Waals surface area contributed by atoms with Crippen LogP contribution in [0, 0.1) is 0 Å². The summed E-state index contributed by atoms with van der Waals surface area (Å²) in [5.74, 6) is 0.269. The SMILES string of the molecule is CN(CC(O)c1cccc(O)c1)C(=O)c1cnc(N(C)C)nc1-c1ccccc1. The molecule has 1 unspecified atom stereocenters. The largest absolute Gasteiger partial charge is 0.508 e. The maximum absolute atomic E-state index is 13.1. The molecule has 0 aliphatic rings. The first-order chi connectivity index (χ1) is 13.9. The first kappa shape index (κ1) is 20.3. The van der Waals surface area contributed by atoms with Gasteiger partial charge in [0.25, 0.3) is 5.91 Å². The summed E-state index contributed by atoms with van der Waals surface area (Å²) in [7, 11) is 5.29. The van der Waals surface area contributed by atoms with Gasteiger partial charge in [0.05, 0.1) is 23.9 Å². The van der Waals surface area contributed by atoms with E-state index in [0.717, 1.165) is 5.56 Å². The predicted molar refractivity (Wildman–Crippen MR) is 112 cm³/mol. The van der Waals surface area contributed by atoms with Crippen LogP contribution in [0.5, 0.6) is 5.75 Å². The van der Waals surface area contributed by atoms with Crippen LogP contribution in [0.2, 0.25) is 0 Å². The van der Waals surface area contributed by atoms with Crippen LogP contribution in [0.3, 0.4) is 0 Å². The number of aliphatic hydroxyl groups excluding tert-OH is 1. The number of rotatable bonds is 6. The van der Waals surface area contributed by atoms with E-state index in [1.807, 2.05) is 44.4 Å². The van der Waals surface area contributed by atoms with E-state index in [-0.39, 0.29) is 18.2 Å². The Morgan fingerprint density at radius 1 is 1.07 bits per heavy atom. The average Bonchev–Trinajstić information content (AvgIpc) is 2.73. The highest BCUT2D eigenvalue weighted by molar-refractivity contribution is 5.99. The summed E-state index contributed by atoms with van der Waals surface area (Å²) in [5, 5.41) is 20.1. The van der Waals surface area contributed by atoms with Crippen LogP contribution in [0.15, 0.2) is 60.8 Å². The van der Waals surface area contributed by atoms with Crippen molar-refractivity contribution < 1.29 is 15.0 Å². The van der Waals surface area contributed by atoms with E-state index in [0.29, 0.717) is 22.8 Å². The summed E-state index contributed by atoms with van der Waals surface area (Å²) in [5.41, 5.74) is 2.23. The molecule has 0 aliphatic carbocycles. The fourth-order valence-corrected chi connectivity index (χ4v) is 2.95. The van der Waals surface area contributed by atoms with E-state index in [1.54, 1.807) is 24.1 Å². The number of hydrogen-bond donors (Lipinski definition) is 2. The van der Waals surface area contributed by atoms with Crippen molar-refractivity contribution in [3.63, 3.8) is 0 Å². The minimum absolute atomic E-state index is 0.0615. The molecule has 2 N–H and O–H groups in total. The molecule has 1 heterocycles. The lowest BCUT2D eigenvalue weighted by Gasteiger charge is -2.22. The van der Waals surface area contributed by atoms with Crippen molar-refractivity contribution in [2.45, 2.75) is 6.10 Å². The van der Waals surface area contributed by atoms with E-state index in [2.05, 4.69) is 9.97 Å². The van der Waals surface area contributed by atoms with Crippen molar-refractivity contribution in [1.82, 2.24) is 14.9 Å². The quantitative estimate of drug-likeness (QED) is 0.670. The number of nitrogens with zero attached hydrogens (tertiary/aromatic N) is 4. The molecular formula is C22H24N4O3. The topological polar surface area (TPSA) is 89.8 Å². The van der Waals surface area contributed by atoms with Crippen molar-refractivity contribution >= 4 is 11.9 Å². The molecule has 7 heteroatoms. The number of amides is 1. The number of phenolic OH excluding ortho intramolecular Hbond substituents is 1. The van der Waals surface area contributed by atoms with Crippen molar-refractivity contribution in [1.29, 1.82) is 0 Å². The van der Waals surface area contributed by atoms with E-state index in [1.165, 1.54) is 23.2 Å². The van der Waals surface area contributed by atoms with Crippen molar-refractivity contribution in [2.75, 3.05) is 32.6 Å². The zero-order chi connectivity index (χ0) is 21.0. The maximum atomic E-state index is 13.1. The van der Waals surface area contributed by atoms with Crippen molar-refractivity contribution in [2.24, 2.45) is 0 Å². The molecule has 0 aliphatic heterocycles. The van der Waals surface area contributed by atoms with Gasteiger partial charge in [0.2, 0.25) is 5.95 Å². The Kier molecular flexibility index (Phi) is 6.09. The van der Waals surface area contributed by atoms with E-state index < -0.39 is 6.10 Å². The summed E-state index contributed by atoms with van der Waals surface area (Å²) < 4.78 is 0. The monoisotopic (exact) mass is 392 g/mol. The highest BCUT2D eigenvalue weighted by atomic mass is 16.3. The fourth-order valence-electron chi connectivity index (χ4n) is 2.95. The Morgan fingerprint density at radius 2 is 1.79 bits per heavy atom. The van der Waals surface area contributed by atoms with Gasteiger partial charge in [0.15, 0.2) is 0 Å². The van der Waals surface area contributed by atoms with Crippen LogP contribution >= 0.6 is 0 Å². The van der Waals surface area contributed by atoms with Crippen LogP contribution in [-0.4, -0.2) is 58.7 Å². The van der Waals surface area contributed by atoms with Gasteiger partial charge in [0.1, 0.15) is 5.75 Å². The maximum Gasteiger partial charge on any atom is 0.257 e. The molecule has 29 heavy (non-hydrogen) atoms. The fraction of sp³-hybridized carbons (Fsp3) is 0.227. The zero-order valence-electron chi connectivity index (χ0n) is 16.6. The van der Waals surface area contributed by atoms with Crippen LogP contribution in [-0.2, 0) is 0 Å². The van der Waals surface area contributed by atoms with Gasteiger partial charge < -0.3 is 20.0 Å². The van der Waals surface area contributed by atoms with E-state index in [9.17, 15) is 15.0 Å². The third kappa shape index (κ3) is 4.70. The van der Waals surface area contributed by atoms with Gasteiger partial charge in [-0.2, -0.15) is 0 Å². The van der Waals surface area contributed by atoms with Crippen molar-refractivity contribution in [3.8, 4) is 17.0 Å². The number of benzene rings is 2. The van der Waals surface area contributed by atoms with Crippen LogP contribution in [0.25, 0.3) is 11.3 Å². The number of aliphatic hydroxyl groups is 1. The number of phenols is 1. The van der Waals surface area contributed by atoms with Crippen LogP contribution < -0.4 is 4.90 Å². The summed E-state index contributed by atoms with van der Waals surface area (Å²) in [6, 6.07) is 15.8. The van der Waals surface area contributed by atoms with Crippen LogP contribution in [0.1, 0.15) is 22.0 Å². The van der Waals surface area contributed by atoms with Gasteiger partial charge in [-0.05, 0) is 17.7 Å². The average molecular weight is 392 g/mol. The molecule has 7 nitrogen and oxygen atoms in total. The van der Waals surface area contributed by atoms with Crippen LogP contribution in [0.4, 0.5) is 5.95 Å². The number of aromatic nitrogens is 2. The molecule has 0 bridgehead atoms. The van der Waals surface area contributed by atoms with E-state index >= 15 is 0 Å². The van der Waals surface area contributed by atoms with E-state index in [4.69, 9.17) is 0 Å². The second-order valence-electron chi connectivity index (χ2n) is 6.99. The third-order valence-corrected chi connectivity index (χ3v) is 4.50. The third-order valence-electron chi connectivity index (χ3n) is 4.50. The summed E-state index contributed by atoms with van der Waals surface area (Å²) in [6.45, 7) is 0.0615. The predicted octanol–water partition coefficient (Wildman–Crippen LogP) is 2.72. The lowest BCUT2D eigenvalue weighted by Crippen LogP contribution is -2.32. The zero-order valence-corrected chi connectivity index (χ0v) is 16.6. The molecule has 0 fully saturated rings. The second-order valence-corrected chi connectivity index (χ2v) is 6.99. The molecule has 3 aromatic rings. The number of aromatic hydroxyl groups is 1. The Labute approximate surface area is 169 Å². The summed E-state index contributed by atoms with van der Waals surface area (Å²) in [6.07, 6.45) is 0.586. The minimum atomic E-state index is -0.932. The molecule has 1 amide bonds. The molecule has 0 spiro atoms. The molecule has 1 atom stereocenters. The first-order valence-corrected chi connectivity index (χ1v) is 9.19. The standard InChI is InChI=1S/C22H24N4O3/c1-25(2)22-23-13-18(20(24-22)15-8-5-4-6-9-15)21(29)26(3)14-19(28)16-10-7-11-17(27)12-16/h4-13,19,27-28H,14H2,1-3H3. The molecular weight excluding hydrogens is 368 g/mol. The summed E-state index contributed by atoms with van der Waals surface area (Å²) in [4.78, 5) is 25.2. The highest BCUT2D eigenvalue weighted by Gasteiger charge is 2.22. The molecule has 150 valence electrons. The molecule has 0 saturated heterocycles. The number of anilines is 1. The number of carbonyl (C=O) groups is 1. The number of likely N-dealkylation sites (N-methyl/N-ethyl adjacent to an activating group) is 1. The normalized spacial score (nSPS) is 11.7. The van der Waals surface area contributed by atoms with Gasteiger partial charge in [-0.1, -0.05) is 42.5 Å². The van der Waals surface area contributed by atoms with Gasteiger partial charge in [0, 0.05) is 32.9 Å². The smallest absolute Gasteiger partial charge is 0.257 e. The number of carbonyl (C=O) groups excluding carboxylic acids is 1. The summed E-state index contributed by atoms with van der Waals surface area (Å²) >= 11 is 0. The Bertz CT molecular complexity index is 992. The Balaban J connectivity index is 1.89. The lowest BCUT2D eigenvalue weighted by molar-refractivity contribution is 0.0681. The molecule has 0 saturated carbocycles. The second kappa shape index (κ2) is 8.70. The Morgan fingerprint density at radius 3 is 2.45 bits per heavy atom. The van der Waals surface area contributed by atoms with Gasteiger partial charge in [-0.25, -0.2) is 9.97 Å². The molecule has 1 aromatic heterocycles. The highest BCUT2D eigenvalue weighted by Crippen LogP contribution is 2.25. The molecule has 3 rings (SSSR count). The van der Waals surface area contributed by atoms with Gasteiger partial charge in [-0.3, -0.25) is 4.79 Å². The van der Waals surface area contributed by atoms with Gasteiger partial charge in [-0.15, -0.1) is 0 Å². The minimum Gasteiger partial charge on any atom is -0.508 e. The number of hydrogen-bond acceptors (Lipinski definition) is 6. The molecule has 2 aromatic carbocycles. The van der Waals surface area contributed by atoms with Gasteiger partial charge >= 0.3 is 0 Å². The lowest BCUT2D eigenvalue weighted by atomic mass is 10.1. The first-order valence-electron chi connectivity index (χ1n) is 9.19. The molecule has 0 radical (unpaired) electrons. The van der Waals surface area contributed by atoms with Crippen molar-refractivity contribution in [3.05, 3.63) is 71.9 Å².